The molecule has 4 nitrogen and oxygen atoms in total. The Balaban J connectivity index is 2.51. The van der Waals surface area contributed by atoms with E-state index in [0.29, 0.717) is 24.7 Å². The van der Waals surface area contributed by atoms with E-state index in [-0.39, 0.29) is 12.3 Å². The van der Waals surface area contributed by atoms with Gasteiger partial charge in [-0.25, -0.2) is 0 Å². The fraction of sp³-hybridized carbons (Fsp3) is 0.529. The Bertz CT molecular complexity index is 465. The Morgan fingerprint density at radius 2 is 1.81 bits per heavy atom. The lowest BCUT2D eigenvalue weighted by Crippen LogP contribution is -2.19. The van der Waals surface area contributed by atoms with E-state index in [0.717, 1.165) is 17.7 Å². The summed E-state index contributed by atoms with van der Waals surface area (Å²) in [6, 6.07) is 7.37. The first-order valence-electron chi connectivity index (χ1n) is 7.53. The van der Waals surface area contributed by atoms with Crippen LogP contribution in [-0.2, 0) is 16.0 Å². The first-order chi connectivity index (χ1) is 9.92. The normalized spacial score (nSPS) is 12.2. The highest BCUT2D eigenvalue weighted by atomic mass is 16.4. The number of aliphatic carboxylic acids is 1. The lowest BCUT2D eigenvalue weighted by atomic mass is 9.90. The topological polar surface area (TPSA) is 66.4 Å². The number of amides is 1. The Morgan fingerprint density at radius 3 is 2.29 bits per heavy atom. The van der Waals surface area contributed by atoms with E-state index in [1.807, 2.05) is 24.3 Å². The lowest BCUT2D eigenvalue weighted by Gasteiger charge is -2.18. The van der Waals surface area contributed by atoms with Crippen molar-refractivity contribution in [2.45, 2.75) is 46.5 Å². The molecular weight excluding hydrogens is 266 g/mol. The van der Waals surface area contributed by atoms with Crippen molar-refractivity contribution >= 4 is 17.6 Å². The molecule has 0 bridgehead atoms. The van der Waals surface area contributed by atoms with Crippen molar-refractivity contribution in [3.05, 3.63) is 29.8 Å². The molecule has 0 aromatic heterocycles. The van der Waals surface area contributed by atoms with Crippen LogP contribution >= 0.6 is 0 Å². The highest BCUT2D eigenvalue weighted by molar-refractivity contribution is 5.90. The van der Waals surface area contributed by atoms with Gasteiger partial charge >= 0.3 is 5.97 Å². The molecule has 2 N–H and O–H groups in total. The van der Waals surface area contributed by atoms with Crippen molar-refractivity contribution in [1.29, 1.82) is 0 Å². The van der Waals surface area contributed by atoms with Crippen LogP contribution in [0.4, 0.5) is 5.69 Å². The third-order valence-electron chi connectivity index (χ3n) is 3.78. The number of carboxylic acids is 1. The Hall–Kier alpha value is -1.84. The molecule has 1 aromatic rings. The van der Waals surface area contributed by atoms with Crippen LogP contribution in [0.25, 0.3) is 0 Å². The van der Waals surface area contributed by atoms with Gasteiger partial charge in [0.25, 0.3) is 0 Å². The van der Waals surface area contributed by atoms with Crippen molar-refractivity contribution in [1.82, 2.24) is 0 Å². The van der Waals surface area contributed by atoms with Crippen molar-refractivity contribution in [2.75, 3.05) is 5.32 Å². The fourth-order valence-electron chi connectivity index (χ4n) is 2.31. The number of carbonyl (C=O) groups is 2. The first-order valence-corrected chi connectivity index (χ1v) is 7.53. The summed E-state index contributed by atoms with van der Waals surface area (Å²) in [6.45, 7) is 6.38. The second-order valence-electron chi connectivity index (χ2n) is 5.76. The van der Waals surface area contributed by atoms with Crippen LogP contribution in [0.1, 0.15) is 45.6 Å². The summed E-state index contributed by atoms with van der Waals surface area (Å²) in [5.41, 5.74) is 1.72. The van der Waals surface area contributed by atoms with Crippen LogP contribution < -0.4 is 5.32 Å². The minimum atomic E-state index is -0.799. The summed E-state index contributed by atoms with van der Waals surface area (Å²) < 4.78 is 0. The van der Waals surface area contributed by atoms with Crippen molar-refractivity contribution < 1.29 is 14.7 Å². The predicted octanol–water partition coefficient (Wildman–Crippen LogP) is 3.71. The second kappa shape index (κ2) is 8.45. The zero-order valence-electron chi connectivity index (χ0n) is 13.1. The third kappa shape index (κ3) is 6.43. The first kappa shape index (κ1) is 17.2. The van der Waals surface area contributed by atoms with Gasteiger partial charge in [0.15, 0.2) is 0 Å². The number of benzene rings is 1. The van der Waals surface area contributed by atoms with Gasteiger partial charge in [-0.2, -0.15) is 0 Å². The number of aryl methyl sites for hydroxylation is 1. The minimum Gasteiger partial charge on any atom is -0.481 e. The van der Waals surface area contributed by atoms with Crippen molar-refractivity contribution in [3.8, 4) is 0 Å². The molecule has 0 aliphatic rings. The van der Waals surface area contributed by atoms with Gasteiger partial charge < -0.3 is 10.4 Å². The molecule has 0 saturated heterocycles. The highest BCUT2D eigenvalue weighted by Crippen LogP contribution is 2.20. The SMILES string of the molecule is CCC(CC(=O)Nc1ccc(CCC(=O)O)cc1)C(C)C. The van der Waals surface area contributed by atoms with Gasteiger partial charge in [0, 0.05) is 18.5 Å². The minimum absolute atomic E-state index is 0.0360. The summed E-state index contributed by atoms with van der Waals surface area (Å²) in [6.07, 6.45) is 2.17. The maximum absolute atomic E-state index is 12.0. The Labute approximate surface area is 126 Å². The zero-order valence-corrected chi connectivity index (χ0v) is 13.1. The molecule has 0 spiro atoms. The molecule has 1 aromatic carbocycles. The van der Waals surface area contributed by atoms with Gasteiger partial charge in [-0.3, -0.25) is 9.59 Å². The van der Waals surface area contributed by atoms with E-state index in [1.54, 1.807) is 0 Å². The van der Waals surface area contributed by atoms with E-state index < -0.39 is 5.97 Å². The molecule has 0 radical (unpaired) electrons. The highest BCUT2D eigenvalue weighted by Gasteiger charge is 2.15. The van der Waals surface area contributed by atoms with Gasteiger partial charge in [0.1, 0.15) is 0 Å². The van der Waals surface area contributed by atoms with Crippen LogP contribution in [-0.4, -0.2) is 17.0 Å². The number of carboxylic acid groups (broad SMARTS) is 1. The van der Waals surface area contributed by atoms with E-state index >= 15 is 0 Å². The zero-order chi connectivity index (χ0) is 15.8. The monoisotopic (exact) mass is 291 g/mol. The quantitative estimate of drug-likeness (QED) is 0.767. The molecule has 0 saturated carbocycles. The molecule has 1 rings (SSSR count). The van der Waals surface area contributed by atoms with Gasteiger partial charge in [0.05, 0.1) is 0 Å². The maximum Gasteiger partial charge on any atom is 0.303 e. The largest absolute Gasteiger partial charge is 0.481 e. The number of nitrogens with one attached hydrogen (secondary N) is 1. The fourth-order valence-corrected chi connectivity index (χ4v) is 2.31. The van der Waals surface area contributed by atoms with Gasteiger partial charge in [-0.15, -0.1) is 0 Å². The summed E-state index contributed by atoms with van der Waals surface area (Å²) in [5, 5.41) is 11.5. The third-order valence-corrected chi connectivity index (χ3v) is 3.78. The molecule has 1 unspecified atom stereocenters. The second-order valence-corrected chi connectivity index (χ2v) is 5.76. The van der Waals surface area contributed by atoms with Crippen LogP contribution in [0.15, 0.2) is 24.3 Å². The molecule has 1 amide bonds. The standard InChI is InChI=1S/C17H25NO3/c1-4-14(12(2)3)11-16(19)18-15-8-5-13(6-9-15)7-10-17(20)21/h5-6,8-9,12,14H,4,7,10-11H2,1-3H3,(H,18,19)(H,20,21). The molecule has 21 heavy (non-hydrogen) atoms. The molecule has 0 fully saturated rings. The predicted molar refractivity (Wildman–Crippen MR) is 84.3 cm³/mol. The number of anilines is 1. The Kier molecular flexibility index (Phi) is 6.92. The van der Waals surface area contributed by atoms with E-state index in [2.05, 4.69) is 26.1 Å². The van der Waals surface area contributed by atoms with Crippen LogP contribution in [0.3, 0.4) is 0 Å². The molecule has 0 aliphatic heterocycles. The smallest absolute Gasteiger partial charge is 0.303 e. The van der Waals surface area contributed by atoms with Gasteiger partial charge in [-0.05, 0) is 36.0 Å². The average Bonchev–Trinajstić information content (AvgIpc) is 2.43. The van der Waals surface area contributed by atoms with E-state index in [4.69, 9.17) is 5.11 Å². The lowest BCUT2D eigenvalue weighted by molar-refractivity contribution is -0.137. The number of hydrogen-bond donors (Lipinski definition) is 2. The number of rotatable bonds is 8. The molecule has 0 heterocycles. The summed E-state index contributed by atoms with van der Waals surface area (Å²) in [7, 11) is 0. The van der Waals surface area contributed by atoms with Crippen LogP contribution in [0.5, 0.6) is 0 Å². The molecule has 116 valence electrons. The molecule has 1 atom stereocenters. The number of carbonyl (C=O) groups excluding carboxylic acids is 1. The molecule has 4 heteroatoms. The van der Waals surface area contributed by atoms with Gasteiger partial charge in [-0.1, -0.05) is 39.3 Å². The van der Waals surface area contributed by atoms with Gasteiger partial charge in [0.2, 0.25) is 5.91 Å². The van der Waals surface area contributed by atoms with Crippen molar-refractivity contribution in [2.24, 2.45) is 11.8 Å². The summed E-state index contributed by atoms with van der Waals surface area (Å²) >= 11 is 0. The van der Waals surface area contributed by atoms with E-state index in [9.17, 15) is 9.59 Å². The number of hydrogen-bond acceptors (Lipinski definition) is 2. The van der Waals surface area contributed by atoms with Crippen LogP contribution in [0.2, 0.25) is 0 Å². The molecule has 0 aliphatic carbocycles. The molecular formula is C17H25NO3. The average molecular weight is 291 g/mol. The maximum atomic E-state index is 12.0. The van der Waals surface area contributed by atoms with Crippen LogP contribution in [0, 0.1) is 11.8 Å². The summed E-state index contributed by atoms with van der Waals surface area (Å²) in [5.74, 6) is 0.138. The summed E-state index contributed by atoms with van der Waals surface area (Å²) in [4.78, 5) is 22.5. The van der Waals surface area contributed by atoms with Crippen molar-refractivity contribution in [3.63, 3.8) is 0 Å². The Morgan fingerprint density at radius 1 is 1.19 bits per heavy atom. The van der Waals surface area contributed by atoms with E-state index in [1.165, 1.54) is 0 Å².